The lowest BCUT2D eigenvalue weighted by Gasteiger charge is -2.12. The van der Waals surface area contributed by atoms with Crippen molar-refractivity contribution in [1.29, 1.82) is 0 Å². The van der Waals surface area contributed by atoms with Gasteiger partial charge < -0.3 is 19.5 Å². The molecule has 0 fully saturated rings. The van der Waals surface area contributed by atoms with Crippen molar-refractivity contribution in [2.75, 3.05) is 7.11 Å². The minimum atomic E-state index is -0.849. The number of rotatable bonds is 6. The molecule has 3 N–H and O–H groups in total. The quantitative estimate of drug-likeness (QED) is 0.338. The molecule has 3 rings (SSSR count). The fourth-order valence-corrected chi connectivity index (χ4v) is 2.90. The van der Waals surface area contributed by atoms with E-state index in [1.54, 1.807) is 30.3 Å². The number of pyridine rings is 1. The first kappa shape index (κ1) is 19.7. The van der Waals surface area contributed by atoms with E-state index in [9.17, 15) is 19.8 Å². The molecule has 0 saturated carbocycles. The van der Waals surface area contributed by atoms with Crippen LogP contribution in [0.1, 0.15) is 15.9 Å². The van der Waals surface area contributed by atoms with E-state index in [4.69, 9.17) is 4.74 Å². The zero-order valence-corrected chi connectivity index (χ0v) is 15.6. The Hall–Kier alpha value is -4.07. The molecule has 0 saturated heterocycles. The van der Waals surface area contributed by atoms with E-state index in [1.165, 1.54) is 36.1 Å². The van der Waals surface area contributed by atoms with Gasteiger partial charge in [-0.3, -0.25) is 9.59 Å². The lowest BCUT2D eigenvalue weighted by molar-refractivity contribution is 0.0950. The number of nitrogens with one attached hydrogen (secondary N) is 1. The maximum atomic E-state index is 12.8. The molecule has 3 aromatic rings. The highest BCUT2D eigenvalue weighted by atomic mass is 16.5. The van der Waals surface area contributed by atoms with Crippen molar-refractivity contribution < 1.29 is 19.7 Å². The SMILES string of the molecule is C=CCn1c(=O)c(C(=O)NN=Cc2ccc(O)c(OC)c2)c(O)c2ccccc21. The Morgan fingerprint density at radius 2 is 2.03 bits per heavy atom. The van der Waals surface area contributed by atoms with Crippen LogP contribution >= 0.6 is 0 Å². The van der Waals surface area contributed by atoms with Gasteiger partial charge in [0.1, 0.15) is 11.3 Å². The molecule has 0 aliphatic carbocycles. The number of phenols is 1. The fourth-order valence-electron chi connectivity index (χ4n) is 2.90. The number of para-hydroxylation sites is 1. The first-order valence-electron chi connectivity index (χ1n) is 8.63. The Labute approximate surface area is 166 Å². The third-order valence-corrected chi connectivity index (χ3v) is 4.27. The number of amides is 1. The van der Waals surface area contributed by atoms with Gasteiger partial charge in [0.05, 0.1) is 18.8 Å². The van der Waals surface area contributed by atoms with Crippen LogP contribution in [0.4, 0.5) is 0 Å². The minimum absolute atomic E-state index is 0.0301. The number of carbonyl (C=O) groups excluding carboxylic acids is 1. The Morgan fingerprint density at radius 1 is 1.28 bits per heavy atom. The fraction of sp³-hybridized carbons (Fsp3) is 0.0952. The van der Waals surface area contributed by atoms with Gasteiger partial charge in [-0.05, 0) is 35.9 Å². The van der Waals surface area contributed by atoms with Gasteiger partial charge in [0.25, 0.3) is 11.5 Å². The second-order valence-corrected chi connectivity index (χ2v) is 6.08. The largest absolute Gasteiger partial charge is 0.506 e. The van der Waals surface area contributed by atoms with Crippen LogP contribution < -0.4 is 15.7 Å². The number of aromatic hydroxyl groups is 2. The van der Waals surface area contributed by atoms with Gasteiger partial charge in [-0.15, -0.1) is 6.58 Å². The standard InChI is InChI=1S/C21H19N3O5/c1-3-10-24-15-7-5-4-6-14(15)19(26)18(21(24)28)20(27)23-22-12-13-8-9-16(25)17(11-13)29-2/h3-9,11-12,25-26H,1,10H2,2H3,(H,23,27). The Balaban J connectivity index is 1.95. The molecule has 1 heterocycles. The second kappa shape index (κ2) is 8.30. The highest BCUT2D eigenvalue weighted by Crippen LogP contribution is 2.27. The van der Waals surface area contributed by atoms with Crippen molar-refractivity contribution in [3.05, 3.63) is 76.6 Å². The van der Waals surface area contributed by atoms with Crippen LogP contribution in [0.2, 0.25) is 0 Å². The molecular weight excluding hydrogens is 374 g/mol. The predicted octanol–water partition coefficient (Wildman–Crippen LogP) is 2.37. The number of hydrogen-bond donors (Lipinski definition) is 3. The molecule has 8 heteroatoms. The summed E-state index contributed by atoms with van der Waals surface area (Å²) in [5.41, 5.74) is 2.22. The zero-order chi connectivity index (χ0) is 21.0. The normalized spacial score (nSPS) is 10.9. The van der Waals surface area contributed by atoms with Crippen molar-refractivity contribution in [3.8, 4) is 17.2 Å². The number of nitrogens with zero attached hydrogens (tertiary/aromatic N) is 2. The van der Waals surface area contributed by atoms with Crippen LogP contribution in [0.25, 0.3) is 10.9 Å². The van der Waals surface area contributed by atoms with Gasteiger partial charge in [-0.2, -0.15) is 5.10 Å². The van der Waals surface area contributed by atoms with Gasteiger partial charge in [0.2, 0.25) is 0 Å². The Morgan fingerprint density at radius 3 is 2.76 bits per heavy atom. The Kier molecular flexibility index (Phi) is 5.64. The summed E-state index contributed by atoms with van der Waals surface area (Å²) in [6, 6.07) is 11.2. The van der Waals surface area contributed by atoms with E-state index >= 15 is 0 Å². The zero-order valence-electron chi connectivity index (χ0n) is 15.6. The van der Waals surface area contributed by atoms with Crippen LogP contribution in [0.3, 0.4) is 0 Å². The number of aromatic nitrogens is 1. The maximum Gasteiger partial charge on any atom is 0.280 e. The number of benzene rings is 2. The molecule has 0 aliphatic heterocycles. The number of hydrazone groups is 1. The molecule has 0 spiro atoms. The molecule has 1 aromatic heterocycles. The van der Waals surface area contributed by atoms with Gasteiger partial charge in [-0.1, -0.05) is 18.2 Å². The summed E-state index contributed by atoms with van der Waals surface area (Å²) in [4.78, 5) is 25.4. The highest BCUT2D eigenvalue weighted by molar-refractivity contribution is 6.02. The van der Waals surface area contributed by atoms with Gasteiger partial charge >= 0.3 is 0 Å². The molecular formula is C21H19N3O5. The second-order valence-electron chi connectivity index (χ2n) is 6.08. The number of phenolic OH excluding ortho intramolecular Hbond substituents is 1. The number of hydrogen-bond acceptors (Lipinski definition) is 6. The lowest BCUT2D eigenvalue weighted by Crippen LogP contribution is -2.31. The molecule has 148 valence electrons. The van der Waals surface area contributed by atoms with E-state index in [1.807, 2.05) is 0 Å². The van der Waals surface area contributed by atoms with Crippen molar-refractivity contribution in [1.82, 2.24) is 9.99 Å². The van der Waals surface area contributed by atoms with Crippen LogP contribution in [0, 0.1) is 0 Å². The molecule has 1 amide bonds. The number of methoxy groups -OCH3 is 1. The Bertz CT molecular complexity index is 1180. The smallest absolute Gasteiger partial charge is 0.280 e. The number of fused-ring (bicyclic) bond motifs is 1. The van der Waals surface area contributed by atoms with E-state index in [-0.39, 0.29) is 18.0 Å². The molecule has 8 nitrogen and oxygen atoms in total. The van der Waals surface area contributed by atoms with Crippen molar-refractivity contribution in [2.45, 2.75) is 6.54 Å². The number of ether oxygens (including phenoxy) is 1. The van der Waals surface area contributed by atoms with Gasteiger partial charge in [-0.25, -0.2) is 5.43 Å². The summed E-state index contributed by atoms with van der Waals surface area (Å²) in [6.45, 7) is 3.81. The van der Waals surface area contributed by atoms with Gasteiger partial charge in [0, 0.05) is 11.9 Å². The van der Waals surface area contributed by atoms with Crippen molar-refractivity contribution in [2.24, 2.45) is 5.10 Å². The average molecular weight is 393 g/mol. The summed E-state index contributed by atoms with van der Waals surface area (Å²) in [5.74, 6) is -1.04. The first-order chi connectivity index (χ1) is 14.0. The molecule has 0 aliphatic rings. The topological polar surface area (TPSA) is 113 Å². The third-order valence-electron chi connectivity index (χ3n) is 4.27. The van der Waals surface area contributed by atoms with Crippen LogP contribution in [-0.2, 0) is 6.54 Å². The summed E-state index contributed by atoms with van der Waals surface area (Å²) < 4.78 is 6.36. The van der Waals surface area contributed by atoms with Gasteiger partial charge in [0.15, 0.2) is 11.5 Å². The third kappa shape index (κ3) is 3.81. The summed E-state index contributed by atoms with van der Waals surface area (Å²) in [7, 11) is 1.41. The van der Waals surface area contributed by atoms with Crippen LogP contribution in [0.15, 0.2) is 65.0 Å². The van der Waals surface area contributed by atoms with E-state index < -0.39 is 22.8 Å². The molecule has 2 aromatic carbocycles. The average Bonchev–Trinajstić information content (AvgIpc) is 2.72. The monoisotopic (exact) mass is 393 g/mol. The maximum absolute atomic E-state index is 12.8. The minimum Gasteiger partial charge on any atom is -0.506 e. The lowest BCUT2D eigenvalue weighted by atomic mass is 10.1. The van der Waals surface area contributed by atoms with E-state index in [0.29, 0.717) is 16.5 Å². The summed E-state index contributed by atoms with van der Waals surface area (Å²) in [6.07, 6.45) is 2.85. The van der Waals surface area contributed by atoms with Crippen LogP contribution in [0.5, 0.6) is 17.2 Å². The molecule has 0 atom stereocenters. The first-order valence-corrected chi connectivity index (χ1v) is 8.63. The van der Waals surface area contributed by atoms with E-state index in [0.717, 1.165) is 0 Å². The molecule has 29 heavy (non-hydrogen) atoms. The number of allylic oxidation sites excluding steroid dienone is 1. The molecule has 0 unspecified atom stereocenters. The van der Waals surface area contributed by atoms with Crippen molar-refractivity contribution >= 4 is 23.0 Å². The highest BCUT2D eigenvalue weighted by Gasteiger charge is 2.21. The molecule has 0 bridgehead atoms. The van der Waals surface area contributed by atoms with Crippen molar-refractivity contribution in [3.63, 3.8) is 0 Å². The predicted molar refractivity (Wildman–Crippen MR) is 110 cm³/mol. The summed E-state index contributed by atoms with van der Waals surface area (Å²) in [5, 5.41) is 24.3. The van der Waals surface area contributed by atoms with E-state index in [2.05, 4.69) is 17.1 Å². The molecule has 0 radical (unpaired) electrons. The van der Waals surface area contributed by atoms with Crippen LogP contribution in [-0.4, -0.2) is 34.0 Å². The summed E-state index contributed by atoms with van der Waals surface area (Å²) >= 11 is 0. The number of carbonyl (C=O) groups is 1.